The van der Waals surface area contributed by atoms with Crippen molar-refractivity contribution in [2.45, 2.75) is 51.7 Å². The van der Waals surface area contributed by atoms with Crippen molar-refractivity contribution in [3.05, 3.63) is 41.3 Å². The third-order valence-corrected chi connectivity index (χ3v) is 7.02. The first-order valence-corrected chi connectivity index (χ1v) is 12.4. The highest BCUT2D eigenvalue weighted by atomic mass is 19.1. The lowest BCUT2D eigenvalue weighted by atomic mass is 9.84. The van der Waals surface area contributed by atoms with Crippen LogP contribution in [0.15, 0.2) is 24.4 Å². The van der Waals surface area contributed by atoms with Crippen LogP contribution in [0.25, 0.3) is 10.8 Å². The second kappa shape index (κ2) is 10.1. The predicted octanol–water partition coefficient (Wildman–Crippen LogP) is 4.53. The smallest absolute Gasteiger partial charge is 0.197 e. The van der Waals surface area contributed by atoms with Gasteiger partial charge in [-0.25, -0.2) is 4.39 Å². The molecule has 4 rings (SSSR count). The van der Waals surface area contributed by atoms with Crippen LogP contribution >= 0.6 is 0 Å². The van der Waals surface area contributed by atoms with Crippen LogP contribution < -0.4 is 24.8 Å². The van der Waals surface area contributed by atoms with Gasteiger partial charge in [0.1, 0.15) is 11.6 Å². The number of piperidine rings is 1. The molecule has 200 valence electrons. The lowest BCUT2D eigenvalue weighted by molar-refractivity contribution is 0.0972. The number of Topliss-reactive ketones (excluding diaryl/α,β-unsaturated/α-hetero) is 1. The highest BCUT2D eigenvalue weighted by Crippen LogP contribution is 2.42. The van der Waals surface area contributed by atoms with E-state index < -0.39 is 5.82 Å². The number of nitrogens with two attached hydrogens (primary N) is 1. The molecule has 2 aromatic carbocycles. The molecule has 1 fully saturated rings. The summed E-state index contributed by atoms with van der Waals surface area (Å²) in [5.74, 6) is 0.279. The van der Waals surface area contributed by atoms with Crippen molar-refractivity contribution in [2.24, 2.45) is 0 Å². The molecule has 3 N–H and O–H groups in total. The van der Waals surface area contributed by atoms with E-state index >= 15 is 4.39 Å². The maximum absolute atomic E-state index is 15.2. The lowest BCUT2D eigenvalue weighted by Crippen LogP contribution is -2.36. The van der Waals surface area contributed by atoms with E-state index in [0.717, 1.165) is 17.0 Å². The first-order chi connectivity index (χ1) is 17.5. The Morgan fingerprint density at radius 2 is 1.73 bits per heavy atom. The molecule has 0 spiro atoms. The summed E-state index contributed by atoms with van der Waals surface area (Å²) in [5, 5.41) is 10.7. The molecule has 8 nitrogen and oxygen atoms in total. The number of methoxy groups -OCH3 is 3. The highest BCUT2D eigenvalue weighted by molar-refractivity contribution is 6.00. The Bertz CT molecular complexity index is 1320. The molecular weight excluding hydrogens is 477 g/mol. The quantitative estimate of drug-likeness (QED) is 0.448. The van der Waals surface area contributed by atoms with Crippen molar-refractivity contribution in [3.63, 3.8) is 0 Å². The van der Waals surface area contributed by atoms with Gasteiger partial charge in [-0.2, -0.15) is 0 Å². The van der Waals surface area contributed by atoms with E-state index in [-0.39, 0.29) is 46.6 Å². The number of aromatic nitrogens is 1. The van der Waals surface area contributed by atoms with Crippen molar-refractivity contribution in [1.29, 1.82) is 0 Å². The fourth-order valence-electron chi connectivity index (χ4n) is 4.98. The molecule has 0 saturated carbocycles. The number of hydrogen-bond acceptors (Lipinski definition) is 7. The Morgan fingerprint density at radius 3 is 2.30 bits per heavy atom. The summed E-state index contributed by atoms with van der Waals surface area (Å²) in [5.41, 5.74) is 8.27. The van der Waals surface area contributed by atoms with Crippen molar-refractivity contribution >= 4 is 28.1 Å². The number of aliphatic hydroxyl groups excluding tert-OH is 1. The minimum absolute atomic E-state index is 0.0351. The highest BCUT2D eigenvalue weighted by Gasteiger charge is 2.28. The van der Waals surface area contributed by atoms with E-state index in [2.05, 4.69) is 25.7 Å². The summed E-state index contributed by atoms with van der Waals surface area (Å²) in [6.45, 7) is 7.48. The molecule has 1 saturated heterocycles. The van der Waals surface area contributed by atoms with Crippen molar-refractivity contribution in [3.8, 4) is 17.2 Å². The van der Waals surface area contributed by atoms with Crippen molar-refractivity contribution in [2.75, 3.05) is 45.1 Å². The Kier molecular flexibility index (Phi) is 7.28. The first kappa shape index (κ1) is 26.6. The third kappa shape index (κ3) is 4.92. The van der Waals surface area contributed by atoms with E-state index in [4.69, 9.17) is 19.9 Å². The van der Waals surface area contributed by atoms with Crippen LogP contribution in [0.2, 0.25) is 0 Å². The van der Waals surface area contributed by atoms with Gasteiger partial charge in [-0.05, 0) is 36.5 Å². The summed E-state index contributed by atoms with van der Waals surface area (Å²) in [7, 11) is 4.43. The minimum Gasteiger partial charge on any atom is -0.494 e. The minimum atomic E-state index is -0.630. The number of ether oxygens (including phenoxy) is 3. The number of rotatable bonds is 7. The van der Waals surface area contributed by atoms with Gasteiger partial charge in [0.05, 0.1) is 45.1 Å². The summed E-state index contributed by atoms with van der Waals surface area (Å²) < 4.78 is 33.0. The van der Waals surface area contributed by atoms with Gasteiger partial charge in [0, 0.05) is 35.8 Å². The number of nitrogen functional groups attached to an aromatic ring is 1. The number of ketones is 1. The topological polar surface area (TPSA) is 99.2 Å². The number of fused-ring (bicyclic) bond motifs is 1. The molecule has 0 atom stereocenters. The lowest BCUT2D eigenvalue weighted by Gasteiger charge is -2.34. The van der Waals surface area contributed by atoms with E-state index in [1.165, 1.54) is 14.2 Å². The van der Waals surface area contributed by atoms with Crippen LogP contribution in [0.5, 0.6) is 17.2 Å². The van der Waals surface area contributed by atoms with Gasteiger partial charge in [0.2, 0.25) is 0 Å². The predicted molar refractivity (Wildman–Crippen MR) is 143 cm³/mol. The van der Waals surface area contributed by atoms with Gasteiger partial charge in [-0.3, -0.25) is 4.79 Å². The largest absolute Gasteiger partial charge is 0.494 e. The molecule has 1 aliphatic heterocycles. The van der Waals surface area contributed by atoms with Crippen LogP contribution in [0.4, 0.5) is 15.9 Å². The number of carbonyl (C=O) groups is 1. The number of benzene rings is 2. The summed E-state index contributed by atoms with van der Waals surface area (Å²) >= 11 is 0. The first-order valence-electron chi connectivity index (χ1n) is 12.4. The molecule has 0 aliphatic carbocycles. The van der Waals surface area contributed by atoms with E-state index in [1.54, 1.807) is 23.9 Å². The molecule has 37 heavy (non-hydrogen) atoms. The molecule has 0 amide bonds. The average molecular weight is 514 g/mol. The molecule has 0 bridgehead atoms. The fourth-order valence-corrected chi connectivity index (χ4v) is 4.98. The number of aliphatic hydroxyl groups is 1. The SMILES string of the molecule is COc1cc2cn(CC(=O)c3cc(N4CCC(O)CC4)c(OC)c(C(C)(C)C)c3)c(N)c2c(F)c1OC. The second-order valence-electron chi connectivity index (χ2n) is 10.5. The molecule has 9 heteroatoms. The van der Waals surface area contributed by atoms with Crippen LogP contribution in [0.3, 0.4) is 0 Å². The van der Waals surface area contributed by atoms with Crippen molar-refractivity contribution in [1.82, 2.24) is 4.57 Å². The average Bonchev–Trinajstić information content (AvgIpc) is 3.17. The molecule has 3 aromatic rings. The van der Waals surface area contributed by atoms with Crippen LogP contribution in [0.1, 0.15) is 49.5 Å². The van der Waals surface area contributed by atoms with E-state index in [1.807, 2.05) is 12.1 Å². The van der Waals surface area contributed by atoms with Gasteiger partial charge < -0.3 is 34.5 Å². The number of halogens is 1. The van der Waals surface area contributed by atoms with Crippen LogP contribution in [-0.2, 0) is 12.0 Å². The zero-order chi connectivity index (χ0) is 27.1. The fraction of sp³-hybridized carbons (Fsp3) is 0.464. The van der Waals surface area contributed by atoms with Gasteiger partial charge in [-0.15, -0.1) is 0 Å². The second-order valence-corrected chi connectivity index (χ2v) is 10.5. The Labute approximate surface area is 216 Å². The van der Waals surface area contributed by atoms with Gasteiger partial charge >= 0.3 is 0 Å². The van der Waals surface area contributed by atoms with Gasteiger partial charge in [-0.1, -0.05) is 20.8 Å². The number of anilines is 2. The van der Waals surface area contributed by atoms with E-state index in [9.17, 15) is 9.90 Å². The molecular formula is C28H36FN3O5. The zero-order valence-electron chi connectivity index (χ0n) is 22.4. The Balaban J connectivity index is 1.77. The summed E-state index contributed by atoms with van der Waals surface area (Å²) in [6, 6.07) is 5.36. The molecule has 2 heterocycles. The maximum atomic E-state index is 15.2. The van der Waals surface area contributed by atoms with Gasteiger partial charge in [0.25, 0.3) is 0 Å². The molecule has 0 unspecified atom stereocenters. The Hall–Kier alpha value is -3.46. The number of hydrogen-bond donors (Lipinski definition) is 2. The molecule has 0 radical (unpaired) electrons. The molecule has 1 aliphatic rings. The van der Waals surface area contributed by atoms with Crippen molar-refractivity contribution < 1.29 is 28.5 Å². The number of carbonyl (C=O) groups excluding carboxylic acids is 1. The van der Waals surface area contributed by atoms with E-state index in [0.29, 0.717) is 36.9 Å². The van der Waals surface area contributed by atoms with Crippen LogP contribution in [-0.4, -0.2) is 56.0 Å². The molecule has 1 aromatic heterocycles. The van der Waals surface area contributed by atoms with Crippen LogP contribution in [0, 0.1) is 5.82 Å². The third-order valence-electron chi connectivity index (χ3n) is 7.02. The van der Waals surface area contributed by atoms with Gasteiger partial charge in [0.15, 0.2) is 23.1 Å². The zero-order valence-corrected chi connectivity index (χ0v) is 22.4. The Morgan fingerprint density at radius 1 is 1.08 bits per heavy atom. The summed E-state index contributed by atoms with van der Waals surface area (Å²) in [4.78, 5) is 15.8. The summed E-state index contributed by atoms with van der Waals surface area (Å²) in [6.07, 6.45) is 2.63. The standard InChI is InChI=1S/C28H36FN3O5/c1-28(2,3)19-11-16(12-20(25(19)36-5)31-9-7-18(33)8-10-31)21(34)15-32-14-17-13-22(35-4)26(37-6)24(29)23(17)27(32)30/h11-14,18,33H,7-10,15,30H2,1-6H3. The monoisotopic (exact) mass is 513 g/mol. The maximum Gasteiger partial charge on any atom is 0.197 e. The number of nitrogens with zero attached hydrogens (tertiary/aromatic N) is 2. The normalized spacial score (nSPS) is 14.8.